The minimum Gasteiger partial charge on any atom is -0.260 e. The zero-order valence-corrected chi connectivity index (χ0v) is 7.10. The number of hydrogen-bond acceptors (Lipinski definition) is 2. The van der Waals surface area contributed by atoms with Gasteiger partial charge in [0.05, 0.1) is 0 Å². The zero-order valence-electron chi connectivity index (χ0n) is 6.20. The van der Waals surface area contributed by atoms with Gasteiger partial charge in [0.1, 0.15) is 0 Å². The first-order valence-electron chi connectivity index (χ1n) is 3.35. The molecule has 0 aliphatic heterocycles. The van der Waals surface area contributed by atoms with Gasteiger partial charge >= 0.3 is 0 Å². The minimum absolute atomic E-state index is 0.508. The maximum atomic E-state index is 4.20. The third kappa shape index (κ3) is 1.74. The Labute approximate surface area is 66.9 Å². The van der Waals surface area contributed by atoms with Crippen LogP contribution in [-0.4, -0.2) is 4.98 Å². The summed E-state index contributed by atoms with van der Waals surface area (Å²) in [5.74, 6) is 0.508. The Hall–Kier alpha value is -0.500. The average Bonchev–Trinajstić information content (AvgIpc) is 1.88. The van der Waals surface area contributed by atoms with Crippen molar-refractivity contribution in [3.63, 3.8) is 0 Å². The monoisotopic (exact) mass is 153 g/mol. The van der Waals surface area contributed by atoms with Crippen LogP contribution in [0, 0.1) is 0 Å². The van der Waals surface area contributed by atoms with Gasteiger partial charge < -0.3 is 0 Å². The smallest absolute Gasteiger partial charge is 0.0429 e. The van der Waals surface area contributed by atoms with Crippen LogP contribution >= 0.6 is 12.6 Å². The summed E-state index contributed by atoms with van der Waals surface area (Å²) in [6.07, 6.45) is 1.78. The summed E-state index contributed by atoms with van der Waals surface area (Å²) >= 11 is 4.14. The molecule has 0 aromatic carbocycles. The lowest BCUT2D eigenvalue weighted by molar-refractivity contribution is 0.818. The molecule has 0 unspecified atom stereocenters. The van der Waals surface area contributed by atoms with Gasteiger partial charge in [-0.1, -0.05) is 13.8 Å². The van der Waals surface area contributed by atoms with E-state index in [0.717, 1.165) is 10.6 Å². The highest BCUT2D eigenvalue weighted by Crippen LogP contribution is 2.12. The molecule has 54 valence electrons. The molecule has 1 heterocycles. The van der Waals surface area contributed by atoms with Crippen molar-refractivity contribution in [2.45, 2.75) is 24.7 Å². The van der Waals surface area contributed by atoms with E-state index in [0.29, 0.717) is 5.92 Å². The predicted octanol–water partition coefficient (Wildman–Crippen LogP) is 2.49. The normalized spacial score (nSPS) is 10.4. The summed E-state index contributed by atoms with van der Waals surface area (Å²) in [6, 6.07) is 3.97. The van der Waals surface area contributed by atoms with Crippen molar-refractivity contribution < 1.29 is 0 Å². The summed E-state index contributed by atoms with van der Waals surface area (Å²) in [5, 5.41) is 0. The third-order valence-electron chi connectivity index (χ3n) is 1.36. The summed E-state index contributed by atoms with van der Waals surface area (Å²) in [4.78, 5) is 5.12. The number of rotatable bonds is 1. The summed E-state index contributed by atoms with van der Waals surface area (Å²) in [7, 11) is 0. The number of nitrogens with zero attached hydrogens (tertiary/aromatic N) is 1. The van der Waals surface area contributed by atoms with Gasteiger partial charge in [0.15, 0.2) is 0 Å². The molecule has 0 fully saturated rings. The second kappa shape index (κ2) is 3.06. The zero-order chi connectivity index (χ0) is 7.56. The first-order chi connectivity index (χ1) is 4.70. The molecule has 1 rings (SSSR count). The third-order valence-corrected chi connectivity index (χ3v) is 1.63. The first kappa shape index (κ1) is 7.61. The van der Waals surface area contributed by atoms with Crippen molar-refractivity contribution >= 4 is 12.6 Å². The van der Waals surface area contributed by atoms with Gasteiger partial charge in [-0.2, -0.15) is 0 Å². The van der Waals surface area contributed by atoms with Crippen molar-refractivity contribution in [2.24, 2.45) is 0 Å². The van der Waals surface area contributed by atoms with Gasteiger partial charge in [-0.3, -0.25) is 4.98 Å². The molecule has 1 nitrogen and oxygen atoms in total. The van der Waals surface area contributed by atoms with Crippen LogP contribution in [0.25, 0.3) is 0 Å². The van der Waals surface area contributed by atoms with E-state index in [1.54, 1.807) is 6.20 Å². The van der Waals surface area contributed by atoms with Crippen molar-refractivity contribution in [3.8, 4) is 0 Å². The molecule has 0 saturated heterocycles. The number of thiol groups is 1. The van der Waals surface area contributed by atoms with E-state index in [-0.39, 0.29) is 0 Å². The molecule has 1 aromatic heterocycles. The maximum Gasteiger partial charge on any atom is 0.0429 e. The molecule has 0 atom stereocenters. The van der Waals surface area contributed by atoms with Crippen molar-refractivity contribution in [2.75, 3.05) is 0 Å². The fraction of sp³-hybridized carbons (Fsp3) is 0.375. The van der Waals surface area contributed by atoms with E-state index in [9.17, 15) is 0 Å². The minimum atomic E-state index is 0.508. The Balaban J connectivity index is 2.89. The van der Waals surface area contributed by atoms with E-state index in [4.69, 9.17) is 0 Å². The van der Waals surface area contributed by atoms with E-state index in [1.165, 1.54) is 0 Å². The van der Waals surface area contributed by atoms with Crippen LogP contribution in [-0.2, 0) is 0 Å². The fourth-order valence-electron chi connectivity index (χ4n) is 0.739. The van der Waals surface area contributed by atoms with E-state index in [1.807, 2.05) is 12.1 Å². The Morgan fingerprint density at radius 1 is 1.40 bits per heavy atom. The van der Waals surface area contributed by atoms with Crippen LogP contribution in [0.2, 0.25) is 0 Å². The fourth-order valence-corrected chi connectivity index (χ4v) is 0.871. The summed E-state index contributed by atoms with van der Waals surface area (Å²) in [5.41, 5.74) is 1.12. The molecule has 0 saturated carbocycles. The Kier molecular flexibility index (Phi) is 2.33. The molecule has 2 heteroatoms. The van der Waals surface area contributed by atoms with Gasteiger partial charge in [-0.15, -0.1) is 12.6 Å². The molecule has 10 heavy (non-hydrogen) atoms. The maximum absolute atomic E-state index is 4.20. The quantitative estimate of drug-likeness (QED) is 0.612. The van der Waals surface area contributed by atoms with E-state index < -0.39 is 0 Å². The largest absolute Gasteiger partial charge is 0.260 e. The highest BCUT2D eigenvalue weighted by molar-refractivity contribution is 7.80. The molecular formula is C8H11NS. The molecule has 0 aliphatic carbocycles. The highest BCUT2D eigenvalue weighted by Gasteiger charge is 1.97. The summed E-state index contributed by atoms with van der Waals surface area (Å²) < 4.78 is 0. The SMILES string of the molecule is CC(C)c1ccc(S)cn1. The molecule has 0 aliphatic rings. The topological polar surface area (TPSA) is 12.9 Å². The lowest BCUT2D eigenvalue weighted by atomic mass is 10.1. The molecule has 0 bridgehead atoms. The van der Waals surface area contributed by atoms with Gasteiger partial charge in [0.25, 0.3) is 0 Å². The Bertz CT molecular complexity index is 203. The Morgan fingerprint density at radius 3 is 2.50 bits per heavy atom. The van der Waals surface area contributed by atoms with Crippen LogP contribution in [0.3, 0.4) is 0 Å². The van der Waals surface area contributed by atoms with Crippen LogP contribution < -0.4 is 0 Å². The van der Waals surface area contributed by atoms with E-state index in [2.05, 4.69) is 31.5 Å². The van der Waals surface area contributed by atoms with Crippen molar-refractivity contribution in [1.82, 2.24) is 4.98 Å². The standard InChI is InChI=1S/C8H11NS/c1-6(2)8-4-3-7(10)5-9-8/h3-6,10H,1-2H3. The molecule has 0 amide bonds. The van der Waals surface area contributed by atoms with Crippen LogP contribution in [0.5, 0.6) is 0 Å². The van der Waals surface area contributed by atoms with Gasteiger partial charge in [-0.25, -0.2) is 0 Å². The molecule has 0 radical (unpaired) electrons. The van der Waals surface area contributed by atoms with Crippen molar-refractivity contribution in [3.05, 3.63) is 24.0 Å². The Morgan fingerprint density at radius 2 is 2.10 bits per heavy atom. The van der Waals surface area contributed by atoms with Crippen LogP contribution in [0.1, 0.15) is 25.5 Å². The van der Waals surface area contributed by atoms with Gasteiger partial charge in [0.2, 0.25) is 0 Å². The summed E-state index contributed by atoms with van der Waals surface area (Å²) in [6.45, 7) is 4.25. The number of pyridine rings is 1. The molecule has 1 aromatic rings. The van der Waals surface area contributed by atoms with Crippen LogP contribution in [0.15, 0.2) is 23.2 Å². The second-order valence-corrected chi connectivity index (χ2v) is 3.11. The van der Waals surface area contributed by atoms with Crippen molar-refractivity contribution in [1.29, 1.82) is 0 Å². The molecule has 0 N–H and O–H groups in total. The van der Waals surface area contributed by atoms with Gasteiger partial charge in [-0.05, 0) is 18.1 Å². The first-order valence-corrected chi connectivity index (χ1v) is 3.80. The molecule has 0 spiro atoms. The second-order valence-electron chi connectivity index (χ2n) is 2.60. The highest BCUT2D eigenvalue weighted by atomic mass is 32.1. The number of aromatic nitrogens is 1. The molecular weight excluding hydrogens is 142 g/mol. The number of hydrogen-bond donors (Lipinski definition) is 1. The van der Waals surface area contributed by atoms with E-state index >= 15 is 0 Å². The van der Waals surface area contributed by atoms with Gasteiger partial charge in [0, 0.05) is 16.8 Å². The predicted molar refractivity (Wildman–Crippen MR) is 45.6 cm³/mol. The average molecular weight is 153 g/mol. The lowest BCUT2D eigenvalue weighted by Crippen LogP contribution is -1.90. The van der Waals surface area contributed by atoms with Crippen LogP contribution in [0.4, 0.5) is 0 Å². The lowest BCUT2D eigenvalue weighted by Gasteiger charge is -2.02.